The molecule has 0 heterocycles. The summed E-state index contributed by atoms with van der Waals surface area (Å²) in [5.74, 6) is 6.89. The summed E-state index contributed by atoms with van der Waals surface area (Å²) in [4.78, 5) is 26.4. The van der Waals surface area contributed by atoms with Crippen LogP contribution in [0.2, 0.25) is 0 Å². The van der Waals surface area contributed by atoms with Gasteiger partial charge in [-0.05, 0) is 160 Å². The van der Waals surface area contributed by atoms with E-state index < -0.39 is 0 Å². The third kappa shape index (κ3) is 7.19. The maximum absolute atomic E-state index is 13.9. The van der Waals surface area contributed by atoms with Gasteiger partial charge in [-0.3, -0.25) is 9.59 Å². The van der Waals surface area contributed by atoms with Crippen molar-refractivity contribution in [2.75, 3.05) is 6.61 Å². The number of esters is 1. The SMILES string of the molecule is Cc1ccc2c(c1)CCC1C2CCC2(C)C(C(=O)OCC(C=CC(C)C3CCC4C(CCC5CC(O)CCC5=O)CCCC34)C(C)C)CCC12. The van der Waals surface area contributed by atoms with Crippen LogP contribution in [0.5, 0.6) is 0 Å². The number of ether oxygens (including phenoxy) is 1. The molecule has 5 fully saturated rings. The van der Waals surface area contributed by atoms with Crippen molar-refractivity contribution in [2.45, 2.75) is 149 Å². The quantitative estimate of drug-likeness (QED) is 0.197. The molecule has 0 saturated heterocycles. The summed E-state index contributed by atoms with van der Waals surface area (Å²) in [7, 11) is 0. The fraction of sp³-hybridized carbons (Fsp3) is 0.783. The average Bonchev–Trinajstić information content (AvgIpc) is 3.69. The third-order valence-corrected chi connectivity index (χ3v) is 16.1. The highest BCUT2D eigenvalue weighted by Crippen LogP contribution is 2.63. The summed E-state index contributed by atoms with van der Waals surface area (Å²) in [5, 5.41) is 10.1. The van der Waals surface area contributed by atoms with E-state index in [0.717, 1.165) is 49.4 Å². The van der Waals surface area contributed by atoms with Gasteiger partial charge in [0.15, 0.2) is 0 Å². The van der Waals surface area contributed by atoms with Gasteiger partial charge in [0.1, 0.15) is 5.78 Å². The van der Waals surface area contributed by atoms with E-state index in [4.69, 9.17) is 4.74 Å². The van der Waals surface area contributed by atoms with Gasteiger partial charge in [0.05, 0.1) is 18.6 Å². The molecule has 13 unspecified atom stereocenters. The van der Waals surface area contributed by atoms with Crippen molar-refractivity contribution in [1.82, 2.24) is 0 Å². The van der Waals surface area contributed by atoms with Crippen LogP contribution < -0.4 is 0 Å². The lowest BCUT2D eigenvalue weighted by atomic mass is 9.54. The Labute approximate surface area is 304 Å². The number of allylic oxidation sites excluding steroid dienone is 1. The van der Waals surface area contributed by atoms with Gasteiger partial charge in [-0.2, -0.15) is 0 Å². The van der Waals surface area contributed by atoms with Gasteiger partial charge in [-0.25, -0.2) is 0 Å². The van der Waals surface area contributed by atoms with Crippen LogP contribution in [-0.2, 0) is 20.7 Å². The number of ketones is 1. The van der Waals surface area contributed by atoms with Crippen molar-refractivity contribution in [3.05, 3.63) is 47.0 Å². The van der Waals surface area contributed by atoms with Gasteiger partial charge >= 0.3 is 5.97 Å². The normalized spacial score (nSPS) is 39.5. The Morgan fingerprint density at radius 1 is 0.940 bits per heavy atom. The number of hydrogen-bond acceptors (Lipinski definition) is 4. The minimum absolute atomic E-state index is 0.0413. The van der Waals surface area contributed by atoms with Crippen molar-refractivity contribution < 1.29 is 19.4 Å². The predicted molar refractivity (Wildman–Crippen MR) is 202 cm³/mol. The number of rotatable bonds is 10. The zero-order chi connectivity index (χ0) is 35.2. The molecule has 1 aromatic carbocycles. The predicted octanol–water partition coefficient (Wildman–Crippen LogP) is 10.4. The van der Waals surface area contributed by atoms with Crippen molar-refractivity contribution in [1.29, 1.82) is 0 Å². The van der Waals surface area contributed by atoms with Crippen LogP contribution in [0.15, 0.2) is 30.4 Å². The molecule has 4 nitrogen and oxygen atoms in total. The summed E-state index contributed by atoms with van der Waals surface area (Å²) in [6.07, 6.45) is 22.3. The zero-order valence-corrected chi connectivity index (χ0v) is 32.1. The summed E-state index contributed by atoms with van der Waals surface area (Å²) in [6, 6.07) is 7.14. The Morgan fingerprint density at radius 3 is 2.60 bits per heavy atom. The van der Waals surface area contributed by atoms with Gasteiger partial charge in [0.25, 0.3) is 0 Å². The summed E-state index contributed by atoms with van der Waals surface area (Å²) in [6.45, 7) is 12.1. The number of hydrogen-bond donors (Lipinski definition) is 1. The second-order valence-electron chi connectivity index (χ2n) is 19.0. The van der Waals surface area contributed by atoms with E-state index in [2.05, 4.69) is 65.0 Å². The minimum Gasteiger partial charge on any atom is -0.465 e. The fourth-order valence-electron chi connectivity index (χ4n) is 13.1. The van der Waals surface area contributed by atoms with E-state index in [1.807, 2.05) is 0 Å². The molecule has 50 heavy (non-hydrogen) atoms. The number of carbonyl (C=O) groups is 2. The summed E-state index contributed by atoms with van der Waals surface area (Å²) < 4.78 is 6.29. The van der Waals surface area contributed by atoms with Crippen LogP contribution in [0.1, 0.15) is 147 Å². The van der Waals surface area contributed by atoms with Gasteiger partial charge in [-0.1, -0.05) is 76.5 Å². The molecule has 0 radical (unpaired) electrons. The Kier molecular flexibility index (Phi) is 11.1. The number of aliphatic hydroxyl groups is 1. The molecule has 7 rings (SSSR count). The second-order valence-corrected chi connectivity index (χ2v) is 19.0. The van der Waals surface area contributed by atoms with Gasteiger partial charge in [0, 0.05) is 18.3 Å². The molecular formula is C46H68O4. The maximum Gasteiger partial charge on any atom is 0.309 e. The lowest BCUT2D eigenvalue weighted by Gasteiger charge is -2.50. The van der Waals surface area contributed by atoms with E-state index in [0.29, 0.717) is 61.2 Å². The molecule has 1 aromatic rings. The van der Waals surface area contributed by atoms with E-state index in [-0.39, 0.29) is 35.2 Å². The first-order valence-electron chi connectivity index (χ1n) is 21.2. The van der Waals surface area contributed by atoms with Crippen LogP contribution in [0.4, 0.5) is 0 Å². The van der Waals surface area contributed by atoms with Crippen molar-refractivity contribution in [2.24, 2.45) is 70.5 Å². The number of carbonyl (C=O) groups excluding carboxylic acids is 2. The number of fused-ring (bicyclic) bond motifs is 6. The van der Waals surface area contributed by atoms with Gasteiger partial charge in [0.2, 0.25) is 0 Å². The van der Waals surface area contributed by atoms with Crippen LogP contribution in [0, 0.1) is 77.4 Å². The molecule has 1 N–H and O–H groups in total. The lowest BCUT2D eigenvalue weighted by molar-refractivity contribution is -0.155. The molecule has 5 saturated carbocycles. The molecule has 0 aromatic heterocycles. The number of aryl methyl sites for hydroxylation is 2. The minimum atomic E-state index is -0.276. The van der Waals surface area contributed by atoms with Gasteiger partial charge < -0.3 is 9.84 Å². The highest BCUT2D eigenvalue weighted by molar-refractivity contribution is 5.81. The highest BCUT2D eigenvalue weighted by Gasteiger charge is 2.57. The zero-order valence-electron chi connectivity index (χ0n) is 32.1. The number of Topliss-reactive ketones (excluding diaryl/α,β-unsaturated/α-hetero) is 1. The monoisotopic (exact) mass is 685 g/mol. The Bertz CT molecular complexity index is 1390. The topological polar surface area (TPSA) is 63.6 Å². The van der Waals surface area contributed by atoms with Crippen LogP contribution in [0.25, 0.3) is 0 Å². The molecule has 0 aliphatic heterocycles. The first-order valence-corrected chi connectivity index (χ1v) is 21.2. The van der Waals surface area contributed by atoms with E-state index >= 15 is 0 Å². The molecule has 6 aliphatic rings. The number of aliphatic hydroxyl groups excluding tert-OH is 1. The second kappa shape index (κ2) is 15.2. The fourth-order valence-corrected chi connectivity index (χ4v) is 13.1. The van der Waals surface area contributed by atoms with Crippen molar-refractivity contribution >= 4 is 11.8 Å². The smallest absolute Gasteiger partial charge is 0.309 e. The Balaban J connectivity index is 0.921. The van der Waals surface area contributed by atoms with E-state index in [9.17, 15) is 14.7 Å². The number of benzene rings is 1. The van der Waals surface area contributed by atoms with Crippen molar-refractivity contribution in [3.63, 3.8) is 0 Å². The van der Waals surface area contributed by atoms with Crippen LogP contribution in [0.3, 0.4) is 0 Å². The molecule has 13 atom stereocenters. The lowest BCUT2D eigenvalue weighted by Crippen LogP contribution is -2.44. The first kappa shape index (κ1) is 36.4. The Morgan fingerprint density at radius 2 is 1.78 bits per heavy atom. The maximum atomic E-state index is 13.9. The standard InChI is InChI=1S/C46H68O4/c1-28(2)34(11-10-30(4)36-18-19-37-31(7-6-8-39(36)37)12-13-33-26-35(47)15-22-44(33)48)27-50-45(49)43-21-20-42-41-17-14-32-25-29(3)9-16-38(32)40(41)23-24-46(42,43)5/h9-11,16,25,28,30-31,33-37,39-43,47H,6-8,12-15,17-24,26-27H2,1-5H3. The molecule has 0 spiro atoms. The van der Waals surface area contributed by atoms with E-state index in [1.54, 1.807) is 11.1 Å². The summed E-state index contributed by atoms with van der Waals surface area (Å²) >= 11 is 0. The molecule has 0 amide bonds. The van der Waals surface area contributed by atoms with Crippen LogP contribution >= 0.6 is 0 Å². The molecule has 0 bridgehead atoms. The molecule has 276 valence electrons. The van der Waals surface area contributed by atoms with E-state index in [1.165, 1.54) is 63.4 Å². The molecule has 4 heteroatoms. The largest absolute Gasteiger partial charge is 0.465 e. The van der Waals surface area contributed by atoms with Crippen LogP contribution in [-0.4, -0.2) is 29.6 Å². The van der Waals surface area contributed by atoms with Gasteiger partial charge in [-0.15, -0.1) is 0 Å². The Hall–Kier alpha value is -1.94. The summed E-state index contributed by atoms with van der Waals surface area (Å²) in [5.41, 5.74) is 4.63. The molecular weight excluding hydrogens is 617 g/mol. The average molecular weight is 685 g/mol. The third-order valence-electron chi connectivity index (χ3n) is 16.1. The molecule has 6 aliphatic carbocycles. The highest BCUT2D eigenvalue weighted by atomic mass is 16.5. The first-order chi connectivity index (χ1) is 24.0. The van der Waals surface area contributed by atoms with Crippen molar-refractivity contribution in [3.8, 4) is 0 Å².